The fourth-order valence-electron chi connectivity index (χ4n) is 4.66. The molecule has 2 N–H and O–H groups in total. The van der Waals surface area contributed by atoms with E-state index in [2.05, 4.69) is 55.7 Å². The van der Waals surface area contributed by atoms with Crippen molar-refractivity contribution in [2.24, 2.45) is 11.7 Å². The van der Waals surface area contributed by atoms with Gasteiger partial charge < -0.3 is 15.4 Å². The SMILES string of the molecule is CC(C)=CCN(c1ccc(OC(=O)c2ccccc2)cc1)C1CCCN(CC(N)CC(C)C)C1. The third-order valence-corrected chi connectivity index (χ3v) is 6.27. The Kier molecular flexibility index (Phi) is 9.73. The van der Waals surface area contributed by atoms with Crippen LogP contribution >= 0.6 is 0 Å². The Balaban J connectivity index is 1.70. The van der Waals surface area contributed by atoms with Crippen LogP contribution in [0.25, 0.3) is 0 Å². The van der Waals surface area contributed by atoms with Crippen molar-refractivity contribution in [3.05, 3.63) is 71.8 Å². The Bertz CT molecular complexity index is 920. The standard InChI is InChI=1S/C29H41N3O2/c1-22(2)16-18-32(27-11-8-17-31(21-27)20-25(30)19-23(3)4)26-12-14-28(15-13-26)34-29(33)24-9-6-5-7-10-24/h5-7,9-10,12-16,23,25,27H,8,11,17-21,30H2,1-4H3. The van der Waals surface area contributed by atoms with Crippen molar-refractivity contribution in [3.8, 4) is 5.75 Å². The molecule has 5 heteroatoms. The van der Waals surface area contributed by atoms with Crippen LogP contribution in [-0.4, -0.2) is 49.1 Å². The zero-order valence-electron chi connectivity index (χ0n) is 21.2. The van der Waals surface area contributed by atoms with Gasteiger partial charge in [0, 0.05) is 37.4 Å². The zero-order chi connectivity index (χ0) is 24.5. The molecule has 0 aromatic heterocycles. The van der Waals surface area contributed by atoms with Crippen LogP contribution in [0.4, 0.5) is 5.69 Å². The molecular weight excluding hydrogens is 422 g/mol. The molecule has 2 unspecified atom stereocenters. The quantitative estimate of drug-likeness (QED) is 0.286. The largest absolute Gasteiger partial charge is 0.423 e. The summed E-state index contributed by atoms with van der Waals surface area (Å²) in [6.07, 6.45) is 5.69. The second-order valence-corrected chi connectivity index (χ2v) is 10.1. The van der Waals surface area contributed by atoms with E-state index >= 15 is 0 Å². The molecule has 0 bridgehead atoms. The monoisotopic (exact) mass is 463 g/mol. The average Bonchev–Trinajstić information content (AvgIpc) is 2.80. The summed E-state index contributed by atoms with van der Waals surface area (Å²) < 4.78 is 5.58. The van der Waals surface area contributed by atoms with E-state index in [4.69, 9.17) is 10.5 Å². The molecule has 3 rings (SSSR count). The summed E-state index contributed by atoms with van der Waals surface area (Å²) >= 11 is 0. The molecule has 34 heavy (non-hydrogen) atoms. The maximum absolute atomic E-state index is 12.4. The Labute approximate surface area is 205 Å². The molecule has 2 aromatic carbocycles. The summed E-state index contributed by atoms with van der Waals surface area (Å²) in [6.45, 7) is 12.7. The highest BCUT2D eigenvalue weighted by molar-refractivity contribution is 5.91. The van der Waals surface area contributed by atoms with Gasteiger partial charge in [0.25, 0.3) is 0 Å². The van der Waals surface area contributed by atoms with Crippen LogP contribution in [0.3, 0.4) is 0 Å². The lowest BCUT2D eigenvalue weighted by Crippen LogP contribution is -2.51. The molecule has 0 spiro atoms. The van der Waals surface area contributed by atoms with E-state index in [1.54, 1.807) is 12.1 Å². The van der Waals surface area contributed by atoms with Gasteiger partial charge in [-0.1, -0.05) is 43.7 Å². The number of ether oxygens (including phenoxy) is 1. The molecule has 0 amide bonds. The minimum atomic E-state index is -0.338. The summed E-state index contributed by atoms with van der Waals surface area (Å²) in [5.74, 6) is 0.847. The van der Waals surface area contributed by atoms with Crippen LogP contribution in [0.1, 0.15) is 57.3 Å². The lowest BCUT2D eigenvalue weighted by atomic mass is 10.00. The Morgan fingerprint density at radius 3 is 2.50 bits per heavy atom. The number of carbonyl (C=O) groups excluding carboxylic acids is 1. The molecule has 1 saturated heterocycles. The summed E-state index contributed by atoms with van der Waals surface area (Å²) in [6, 6.07) is 17.7. The molecular formula is C29H41N3O2. The number of benzene rings is 2. The van der Waals surface area contributed by atoms with Crippen molar-refractivity contribution in [1.82, 2.24) is 4.90 Å². The number of rotatable bonds is 10. The molecule has 0 radical (unpaired) electrons. The summed E-state index contributed by atoms with van der Waals surface area (Å²) in [4.78, 5) is 17.4. The fourth-order valence-corrected chi connectivity index (χ4v) is 4.66. The number of hydrogen-bond donors (Lipinski definition) is 1. The third-order valence-electron chi connectivity index (χ3n) is 6.27. The van der Waals surface area contributed by atoms with Crippen LogP contribution in [0.15, 0.2) is 66.2 Å². The number of nitrogens with zero attached hydrogens (tertiary/aromatic N) is 2. The van der Waals surface area contributed by atoms with Gasteiger partial charge in [-0.2, -0.15) is 0 Å². The number of esters is 1. The Morgan fingerprint density at radius 1 is 1.15 bits per heavy atom. The third kappa shape index (κ3) is 8.00. The predicted octanol–water partition coefficient (Wildman–Crippen LogP) is 5.52. The number of likely N-dealkylation sites (tertiary alicyclic amines) is 1. The van der Waals surface area contributed by atoms with Gasteiger partial charge in [0.2, 0.25) is 0 Å². The maximum Gasteiger partial charge on any atom is 0.343 e. The maximum atomic E-state index is 12.4. The van der Waals surface area contributed by atoms with Crippen molar-refractivity contribution in [1.29, 1.82) is 0 Å². The molecule has 1 fully saturated rings. The number of piperidine rings is 1. The molecule has 0 saturated carbocycles. The molecule has 1 heterocycles. The van der Waals surface area contributed by atoms with Crippen LogP contribution in [0, 0.1) is 5.92 Å². The highest BCUT2D eigenvalue weighted by Crippen LogP contribution is 2.26. The van der Waals surface area contributed by atoms with Gasteiger partial charge in [-0.3, -0.25) is 4.90 Å². The van der Waals surface area contributed by atoms with Crippen LogP contribution < -0.4 is 15.4 Å². The highest BCUT2D eigenvalue weighted by atomic mass is 16.5. The molecule has 2 atom stereocenters. The number of allylic oxidation sites excluding steroid dienone is 1. The second kappa shape index (κ2) is 12.7. The number of carbonyl (C=O) groups is 1. The first-order chi connectivity index (χ1) is 16.3. The number of anilines is 1. The van der Waals surface area contributed by atoms with E-state index < -0.39 is 0 Å². The van der Waals surface area contributed by atoms with Gasteiger partial charge in [-0.05, 0) is 82.0 Å². The number of nitrogens with two attached hydrogens (primary N) is 1. The van der Waals surface area contributed by atoms with Crippen LogP contribution in [-0.2, 0) is 0 Å². The lowest BCUT2D eigenvalue weighted by Gasteiger charge is -2.41. The normalized spacial score (nSPS) is 17.3. The zero-order valence-corrected chi connectivity index (χ0v) is 21.2. The average molecular weight is 464 g/mol. The molecule has 1 aliphatic heterocycles. The van der Waals surface area contributed by atoms with E-state index in [-0.39, 0.29) is 12.0 Å². The Hall–Kier alpha value is -2.63. The van der Waals surface area contributed by atoms with Gasteiger partial charge in [-0.25, -0.2) is 4.79 Å². The van der Waals surface area contributed by atoms with E-state index in [0.29, 0.717) is 23.3 Å². The smallest absolute Gasteiger partial charge is 0.343 e. The van der Waals surface area contributed by atoms with E-state index in [9.17, 15) is 4.79 Å². The molecule has 0 aliphatic carbocycles. The van der Waals surface area contributed by atoms with E-state index in [1.165, 1.54) is 12.0 Å². The molecule has 1 aliphatic rings. The predicted molar refractivity (Wildman–Crippen MR) is 142 cm³/mol. The van der Waals surface area contributed by atoms with Crippen molar-refractivity contribution >= 4 is 11.7 Å². The fraction of sp³-hybridized carbons (Fsp3) is 0.483. The first kappa shape index (κ1) is 26.0. The highest BCUT2D eigenvalue weighted by Gasteiger charge is 2.26. The van der Waals surface area contributed by atoms with Crippen molar-refractivity contribution < 1.29 is 9.53 Å². The minimum Gasteiger partial charge on any atom is -0.423 e. The summed E-state index contributed by atoms with van der Waals surface area (Å²) in [5.41, 5.74) is 9.44. The van der Waals surface area contributed by atoms with Gasteiger partial charge >= 0.3 is 5.97 Å². The van der Waals surface area contributed by atoms with E-state index in [0.717, 1.165) is 44.7 Å². The second-order valence-electron chi connectivity index (χ2n) is 10.1. The van der Waals surface area contributed by atoms with Crippen molar-refractivity contribution in [2.75, 3.05) is 31.1 Å². The molecule has 5 nitrogen and oxygen atoms in total. The summed E-state index contributed by atoms with van der Waals surface area (Å²) in [5, 5.41) is 0. The minimum absolute atomic E-state index is 0.226. The van der Waals surface area contributed by atoms with Crippen LogP contribution in [0.2, 0.25) is 0 Å². The number of hydrogen-bond acceptors (Lipinski definition) is 5. The Morgan fingerprint density at radius 2 is 1.85 bits per heavy atom. The lowest BCUT2D eigenvalue weighted by molar-refractivity contribution is 0.0734. The van der Waals surface area contributed by atoms with E-state index in [1.807, 2.05) is 30.3 Å². The topological polar surface area (TPSA) is 58.8 Å². The van der Waals surface area contributed by atoms with Gasteiger partial charge in [0.1, 0.15) is 5.75 Å². The first-order valence-corrected chi connectivity index (χ1v) is 12.6. The molecule has 2 aromatic rings. The summed E-state index contributed by atoms with van der Waals surface area (Å²) in [7, 11) is 0. The van der Waals surface area contributed by atoms with Crippen molar-refractivity contribution in [3.63, 3.8) is 0 Å². The van der Waals surface area contributed by atoms with Gasteiger partial charge in [0.05, 0.1) is 5.56 Å². The van der Waals surface area contributed by atoms with Gasteiger partial charge in [0.15, 0.2) is 0 Å². The van der Waals surface area contributed by atoms with Crippen LogP contribution in [0.5, 0.6) is 5.75 Å². The van der Waals surface area contributed by atoms with Crippen molar-refractivity contribution in [2.45, 2.75) is 59.0 Å². The molecule has 184 valence electrons. The van der Waals surface area contributed by atoms with Gasteiger partial charge in [-0.15, -0.1) is 0 Å². The first-order valence-electron chi connectivity index (χ1n) is 12.6.